The van der Waals surface area contributed by atoms with Crippen LogP contribution < -0.4 is 16.2 Å². The van der Waals surface area contributed by atoms with Gasteiger partial charge in [-0.1, -0.05) is 0 Å². The van der Waals surface area contributed by atoms with Crippen LogP contribution in [-0.2, 0) is 0 Å². The Morgan fingerprint density at radius 2 is 2.21 bits per heavy atom. The summed E-state index contributed by atoms with van der Waals surface area (Å²) < 4.78 is 0. The molecule has 1 aromatic rings. The topological polar surface area (TPSA) is 130 Å². The molecular formula is C10H18N6O3. The molecule has 0 spiro atoms. The predicted molar refractivity (Wildman–Crippen MR) is 70.7 cm³/mol. The molecule has 0 unspecified atom stereocenters. The fourth-order valence-corrected chi connectivity index (χ4v) is 1.68. The summed E-state index contributed by atoms with van der Waals surface area (Å²) >= 11 is 0. The number of likely N-dealkylation sites (N-methyl/N-ethyl adjacent to an activating group) is 1. The summed E-state index contributed by atoms with van der Waals surface area (Å²) in [6.45, 7) is 5.69. The zero-order valence-electron chi connectivity index (χ0n) is 11.1. The van der Waals surface area contributed by atoms with E-state index >= 15 is 0 Å². The average molecular weight is 270 g/mol. The van der Waals surface area contributed by atoms with E-state index in [1.165, 1.54) is 6.33 Å². The molecule has 1 heterocycles. The van der Waals surface area contributed by atoms with Crippen LogP contribution in [0.2, 0.25) is 0 Å². The molecule has 0 aliphatic rings. The van der Waals surface area contributed by atoms with Crippen molar-refractivity contribution < 1.29 is 10.0 Å². The van der Waals surface area contributed by atoms with E-state index in [0.29, 0.717) is 6.54 Å². The van der Waals surface area contributed by atoms with Crippen molar-refractivity contribution in [1.82, 2.24) is 9.97 Å². The maximum atomic E-state index is 11.1. The molecular weight excluding hydrogens is 252 g/mol. The van der Waals surface area contributed by atoms with Gasteiger partial charge >= 0.3 is 5.69 Å². The van der Waals surface area contributed by atoms with E-state index in [0.717, 1.165) is 0 Å². The van der Waals surface area contributed by atoms with Crippen LogP contribution in [0.4, 0.5) is 17.3 Å². The number of nitrogen functional groups attached to an aromatic ring is 1. The summed E-state index contributed by atoms with van der Waals surface area (Å²) in [6.07, 6.45) is 1.19. The molecule has 0 aliphatic heterocycles. The highest BCUT2D eigenvalue weighted by Gasteiger charge is 2.28. The second-order valence-electron chi connectivity index (χ2n) is 4.62. The Hall–Kier alpha value is -2.00. The molecule has 0 amide bonds. The van der Waals surface area contributed by atoms with Crippen LogP contribution in [0, 0.1) is 10.1 Å². The maximum Gasteiger partial charge on any atom is 0.354 e. The molecule has 9 heteroatoms. The number of nitrogens with two attached hydrogens (primary N) is 1. The summed E-state index contributed by atoms with van der Waals surface area (Å²) in [4.78, 5) is 19.8. The molecule has 0 bridgehead atoms. The van der Waals surface area contributed by atoms with Gasteiger partial charge in [0.1, 0.15) is 6.33 Å². The number of anilines is 2. The summed E-state index contributed by atoms with van der Waals surface area (Å²) in [6, 6.07) is 0. The standard InChI is InChI=1S/C10H18N6O3/c1-4-15(5-10(2,3)17)9-7(16(18)19)8(14-11)12-6-13-9/h6,17H,4-5,11H2,1-3H3,(H,12,13,14). The van der Waals surface area contributed by atoms with Gasteiger partial charge in [0, 0.05) is 13.1 Å². The third kappa shape index (κ3) is 3.73. The largest absolute Gasteiger partial charge is 0.389 e. The molecule has 106 valence electrons. The first kappa shape index (κ1) is 15.1. The van der Waals surface area contributed by atoms with Gasteiger partial charge in [0.15, 0.2) is 0 Å². The minimum absolute atomic E-state index is 0.0656. The molecule has 0 radical (unpaired) electrons. The van der Waals surface area contributed by atoms with E-state index in [4.69, 9.17) is 5.84 Å². The van der Waals surface area contributed by atoms with Crippen LogP contribution in [-0.4, -0.2) is 38.7 Å². The number of hydrogen-bond acceptors (Lipinski definition) is 8. The lowest BCUT2D eigenvalue weighted by Gasteiger charge is -2.28. The van der Waals surface area contributed by atoms with Gasteiger partial charge in [0.05, 0.1) is 10.5 Å². The van der Waals surface area contributed by atoms with Crippen LogP contribution in [0.1, 0.15) is 20.8 Å². The number of nitro groups is 1. The quantitative estimate of drug-likeness (QED) is 0.381. The normalized spacial score (nSPS) is 11.2. The SMILES string of the molecule is CCN(CC(C)(C)O)c1ncnc(NN)c1[N+](=O)[O-]. The highest BCUT2D eigenvalue weighted by molar-refractivity contribution is 5.69. The molecule has 0 fully saturated rings. The first-order valence-corrected chi connectivity index (χ1v) is 5.73. The van der Waals surface area contributed by atoms with Crippen molar-refractivity contribution in [1.29, 1.82) is 0 Å². The third-order valence-electron chi connectivity index (χ3n) is 2.38. The fraction of sp³-hybridized carbons (Fsp3) is 0.600. The summed E-state index contributed by atoms with van der Waals surface area (Å²) in [5.74, 6) is 5.27. The Bertz CT molecular complexity index is 459. The van der Waals surface area contributed by atoms with Gasteiger partial charge in [-0.2, -0.15) is 0 Å². The van der Waals surface area contributed by atoms with Crippen molar-refractivity contribution in [2.45, 2.75) is 26.4 Å². The number of rotatable bonds is 6. The minimum atomic E-state index is -1.01. The molecule has 1 rings (SSSR count). The lowest BCUT2D eigenvalue weighted by atomic mass is 10.1. The van der Waals surface area contributed by atoms with E-state index in [9.17, 15) is 15.2 Å². The first-order valence-electron chi connectivity index (χ1n) is 5.73. The molecule has 0 saturated carbocycles. The van der Waals surface area contributed by atoms with E-state index in [-0.39, 0.29) is 23.9 Å². The molecule has 4 N–H and O–H groups in total. The number of nitrogens with zero attached hydrogens (tertiary/aromatic N) is 4. The number of nitrogens with one attached hydrogen (secondary N) is 1. The van der Waals surface area contributed by atoms with Crippen molar-refractivity contribution in [2.24, 2.45) is 5.84 Å². The van der Waals surface area contributed by atoms with Crippen LogP contribution in [0.15, 0.2) is 6.33 Å². The smallest absolute Gasteiger partial charge is 0.354 e. The second kappa shape index (κ2) is 5.76. The van der Waals surface area contributed by atoms with E-state index in [1.807, 2.05) is 6.92 Å². The monoisotopic (exact) mass is 270 g/mol. The Kier molecular flexibility index (Phi) is 4.57. The summed E-state index contributed by atoms with van der Waals surface area (Å²) in [5.41, 5.74) is 0.859. The van der Waals surface area contributed by atoms with Crippen molar-refractivity contribution in [3.63, 3.8) is 0 Å². The molecule has 0 atom stereocenters. The van der Waals surface area contributed by atoms with E-state index in [2.05, 4.69) is 15.4 Å². The van der Waals surface area contributed by atoms with Gasteiger partial charge in [-0.3, -0.25) is 10.1 Å². The molecule has 19 heavy (non-hydrogen) atoms. The number of hydrogen-bond donors (Lipinski definition) is 3. The van der Waals surface area contributed by atoms with Crippen LogP contribution >= 0.6 is 0 Å². The van der Waals surface area contributed by atoms with Crippen LogP contribution in [0.3, 0.4) is 0 Å². The summed E-state index contributed by atoms with van der Waals surface area (Å²) in [5, 5.41) is 21.0. The fourth-order valence-electron chi connectivity index (χ4n) is 1.68. The highest BCUT2D eigenvalue weighted by Crippen LogP contribution is 2.31. The van der Waals surface area contributed by atoms with Gasteiger partial charge in [-0.15, -0.1) is 0 Å². The van der Waals surface area contributed by atoms with Gasteiger partial charge in [0.25, 0.3) is 0 Å². The lowest BCUT2D eigenvalue weighted by Crippen LogP contribution is -2.39. The van der Waals surface area contributed by atoms with Crippen molar-refractivity contribution >= 4 is 17.3 Å². The van der Waals surface area contributed by atoms with Crippen LogP contribution in [0.25, 0.3) is 0 Å². The average Bonchev–Trinajstić information content (AvgIpc) is 2.33. The molecule has 0 aliphatic carbocycles. The minimum Gasteiger partial charge on any atom is -0.389 e. The van der Waals surface area contributed by atoms with Crippen molar-refractivity contribution in [3.05, 3.63) is 16.4 Å². The Balaban J connectivity index is 3.27. The zero-order chi connectivity index (χ0) is 14.6. The number of hydrazine groups is 1. The van der Waals surface area contributed by atoms with E-state index < -0.39 is 10.5 Å². The zero-order valence-corrected chi connectivity index (χ0v) is 11.1. The van der Waals surface area contributed by atoms with Gasteiger partial charge in [-0.25, -0.2) is 15.8 Å². The van der Waals surface area contributed by atoms with E-state index in [1.54, 1.807) is 18.7 Å². The van der Waals surface area contributed by atoms with Crippen LogP contribution in [0.5, 0.6) is 0 Å². The first-order chi connectivity index (χ1) is 8.80. The summed E-state index contributed by atoms with van der Waals surface area (Å²) in [7, 11) is 0. The van der Waals surface area contributed by atoms with Gasteiger partial charge in [0.2, 0.25) is 11.6 Å². The predicted octanol–water partition coefficient (Wildman–Crippen LogP) is 0.268. The number of aliphatic hydroxyl groups is 1. The molecule has 1 aromatic heterocycles. The van der Waals surface area contributed by atoms with Crippen molar-refractivity contribution in [2.75, 3.05) is 23.4 Å². The van der Waals surface area contributed by atoms with Gasteiger partial charge < -0.3 is 15.4 Å². The highest BCUT2D eigenvalue weighted by atomic mass is 16.6. The maximum absolute atomic E-state index is 11.1. The van der Waals surface area contributed by atoms with Gasteiger partial charge in [-0.05, 0) is 20.8 Å². The van der Waals surface area contributed by atoms with Crippen molar-refractivity contribution in [3.8, 4) is 0 Å². The number of aromatic nitrogens is 2. The lowest BCUT2D eigenvalue weighted by molar-refractivity contribution is -0.383. The molecule has 0 saturated heterocycles. The Labute approximate surface area is 110 Å². The molecule has 9 nitrogen and oxygen atoms in total. The third-order valence-corrected chi connectivity index (χ3v) is 2.38. The Morgan fingerprint density at radius 1 is 1.58 bits per heavy atom. The second-order valence-corrected chi connectivity index (χ2v) is 4.62. The molecule has 0 aromatic carbocycles. The Morgan fingerprint density at radius 3 is 2.63 bits per heavy atom.